The van der Waals surface area contributed by atoms with Gasteiger partial charge in [-0.25, -0.2) is 4.79 Å². The second kappa shape index (κ2) is 14.2. The number of carbonyl (C=O) groups is 5. The molecule has 1 aliphatic heterocycles. The average Bonchev–Trinajstić information content (AvgIpc) is 3.22. The maximum absolute atomic E-state index is 13.1. The molecule has 0 aromatic rings. The second-order valence-corrected chi connectivity index (χ2v) is 9.46. The normalized spacial score (nSPS) is 18.5. The lowest BCUT2D eigenvalue weighted by molar-refractivity contribution is -0.149. The highest BCUT2D eigenvalue weighted by atomic mass is 32.2. The van der Waals surface area contributed by atoms with E-state index in [0.717, 1.165) is 0 Å². The molecular weight excluding hydrogens is 458 g/mol. The van der Waals surface area contributed by atoms with Crippen molar-refractivity contribution in [3.63, 3.8) is 0 Å². The van der Waals surface area contributed by atoms with Gasteiger partial charge in [0.25, 0.3) is 0 Å². The summed E-state index contributed by atoms with van der Waals surface area (Å²) in [5.74, 6) is -2.38. The Balaban J connectivity index is 2.94. The summed E-state index contributed by atoms with van der Waals surface area (Å²) in [4.78, 5) is 62.1. The van der Waals surface area contributed by atoms with Crippen LogP contribution in [0.25, 0.3) is 0 Å². The van der Waals surface area contributed by atoms with Crippen molar-refractivity contribution in [2.75, 3.05) is 30.6 Å². The lowest BCUT2D eigenvalue weighted by atomic mass is 10.1. The number of nitrogens with two attached hydrogens (primary N) is 2. The molecule has 7 N–H and O–H groups in total. The minimum Gasteiger partial charge on any atom is -0.480 e. The third-order valence-electron chi connectivity index (χ3n) is 5.05. The molecule has 4 atom stereocenters. The molecule has 32 heavy (non-hydrogen) atoms. The number of carboxylic acids is 1. The van der Waals surface area contributed by atoms with Gasteiger partial charge in [0.2, 0.25) is 23.6 Å². The van der Waals surface area contributed by atoms with Crippen LogP contribution in [0.1, 0.15) is 32.1 Å². The Bertz CT molecular complexity index is 695. The lowest BCUT2D eigenvalue weighted by Crippen LogP contribution is -2.57. The van der Waals surface area contributed by atoms with E-state index in [1.807, 2.05) is 12.5 Å². The SMILES string of the molecule is CSCCC(NC(=O)C(N)CC(N)=O)C(=O)NC(CCSC)C(=O)N1CCCC1C(=O)O. The van der Waals surface area contributed by atoms with Gasteiger partial charge in [-0.05, 0) is 49.7 Å². The first-order chi connectivity index (χ1) is 15.1. The first kappa shape index (κ1) is 28.0. The highest BCUT2D eigenvalue weighted by Gasteiger charge is 2.38. The summed E-state index contributed by atoms with van der Waals surface area (Å²) in [6.45, 7) is 0.316. The smallest absolute Gasteiger partial charge is 0.326 e. The third kappa shape index (κ3) is 8.87. The van der Waals surface area contributed by atoms with E-state index in [-0.39, 0.29) is 12.8 Å². The van der Waals surface area contributed by atoms with Gasteiger partial charge >= 0.3 is 5.97 Å². The summed E-state index contributed by atoms with van der Waals surface area (Å²) >= 11 is 2.97. The van der Waals surface area contributed by atoms with Crippen molar-refractivity contribution in [1.29, 1.82) is 0 Å². The predicted molar refractivity (Wildman–Crippen MR) is 124 cm³/mol. The Morgan fingerprint density at radius 3 is 2.12 bits per heavy atom. The van der Waals surface area contributed by atoms with Crippen molar-refractivity contribution in [1.82, 2.24) is 15.5 Å². The third-order valence-corrected chi connectivity index (χ3v) is 6.34. The van der Waals surface area contributed by atoms with Gasteiger partial charge < -0.3 is 32.1 Å². The van der Waals surface area contributed by atoms with Gasteiger partial charge in [0, 0.05) is 6.54 Å². The number of amides is 4. The lowest BCUT2D eigenvalue weighted by Gasteiger charge is -2.29. The van der Waals surface area contributed by atoms with Crippen LogP contribution in [-0.2, 0) is 24.0 Å². The molecule has 11 nitrogen and oxygen atoms in total. The Hall–Kier alpha value is -1.99. The molecular formula is C19H33N5O6S2. The van der Waals surface area contributed by atoms with E-state index >= 15 is 0 Å². The van der Waals surface area contributed by atoms with Crippen molar-refractivity contribution in [2.45, 2.75) is 56.3 Å². The molecule has 182 valence electrons. The maximum atomic E-state index is 13.1. The molecule has 1 aliphatic rings. The Morgan fingerprint density at radius 2 is 1.59 bits per heavy atom. The van der Waals surface area contributed by atoms with Crippen molar-refractivity contribution < 1.29 is 29.1 Å². The fraction of sp³-hybridized carbons (Fsp3) is 0.737. The fourth-order valence-corrected chi connectivity index (χ4v) is 4.29. The topological polar surface area (TPSA) is 185 Å². The Labute approximate surface area is 196 Å². The van der Waals surface area contributed by atoms with E-state index in [2.05, 4.69) is 10.6 Å². The van der Waals surface area contributed by atoms with Crippen molar-refractivity contribution >= 4 is 53.1 Å². The number of carboxylic acid groups (broad SMARTS) is 1. The fourth-order valence-electron chi connectivity index (χ4n) is 3.35. The number of primary amides is 1. The zero-order chi connectivity index (χ0) is 24.3. The van der Waals surface area contributed by atoms with Crippen molar-refractivity contribution in [3.05, 3.63) is 0 Å². The molecule has 1 saturated heterocycles. The molecule has 4 amide bonds. The first-order valence-electron chi connectivity index (χ1n) is 10.3. The zero-order valence-corrected chi connectivity index (χ0v) is 20.0. The van der Waals surface area contributed by atoms with Crippen LogP contribution in [0.15, 0.2) is 0 Å². The predicted octanol–water partition coefficient (Wildman–Crippen LogP) is -1.26. The van der Waals surface area contributed by atoms with Crippen molar-refractivity contribution in [2.24, 2.45) is 11.5 Å². The highest BCUT2D eigenvalue weighted by Crippen LogP contribution is 2.20. The zero-order valence-electron chi connectivity index (χ0n) is 18.4. The summed E-state index contributed by atoms with van der Waals surface area (Å²) in [5.41, 5.74) is 10.7. The molecule has 1 heterocycles. The monoisotopic (exact) mass is 491 g/mol. The van der Waals surface area contributed by atoms with Crippen LogP contribution < -0.4 is 22.1 Å². The van der Waals surface area contributed by atoms with Gasteiger partial charge in [-0.15, -0.1) is 0 Å². The molecule has 0 aromatic carbocycles. The van der Waals surface area contributed by atoms with E-state index in [1.54, 1.807) is 0 Å². The summed E-state index contributed by atoms with van der Waals surface area (Å²) < 4.78 is 0. The molecule has 1 fully saturated rings. The highest BCUT2D eigenvalue weighted by molar-refractivity contribution is 7.98. The van der Waals surface area contributed by atoms with E-state index in [0.29, 0.717) is 37.3 Å². The van der Waals surface area contributed by atoms with Crippen LogP contribution in [-0.4, -0.2) is 94.3 Å². The van der Waals surface area contributed by atoms with Gasteiger partial charge in [0.15, 0.2) is 0 Å². The minimum absolute atomic E-state index is 0.285. The molecule has 0 aliphatic carbocycles. The number of rotatable bonds is 14. The van der Waals surface area contributed by atoms with Crippen molar-refractivity contribution in [3.8, 4) is 0 Å². The number of carbonyl (C=O) groups excluding carboxylic acids is 4. The number of nitrogens with one attached hydrogen (secondary N) is 2. The molecule has 0 bridgehead atoms. The van der Waals surface area contributed by atoms with Gasteiger partial charge in [0.05, 0.1) is 12.5 Å². The van der Waals surface area contributed by atoms with E-state index < -0.39 is 53.8 Å². The summed E-state index contributed by atoms with van der Waals surface area (Å²) in [7, 11) is 0. The maximum Gasteiger partial charge on any atom is 0.326 e. The molecule has 4 unspecified atom stereocenters. The van der Waals surface area contributed by atoms with Crippen LogP contribution in [0.5, 0.6) is 0 Å². The molecule has 0 aromatic heterocycles. The first-order valence-corrected chi connectivity index (χ1v) is 13.1. The second-order valence-electron chi connectivity index (χ2n) is 7.49. The van der Waals surface area contributed by atoms with E-state index in [4.69, 9.17) is 11.5 Å². The number of likely N-dealkylation sites (tertiary alicyclic amines) is 1. The van der Waals surface area contributed by atoms with Crippen LogP contribution >= 0.6 is 23.5 Å². The summed E-state index contributed by atoms with van der Waals surface area (Å²) in [6, 6.07) is -3.97. The number of hydrogen-bond acceptors (Lipinski definition) is 8. The average molecular weight is 492 g/mol. The molecule has 0 radical (unpaired) electrons. The summed E-state index contributed by atoms with van der Waals surface area (Å²) in [6.07, 6.45) is 4.90. The van der Waals surface area contributed by atoms with Crippen LogP contribution in [0, 0.1) is 0 Å². The number of nitrogens with zero attached hydrogens (tertiary/aromatic N) is 1. The molecule has 13 heteroatoms. The summed E-state index contributed by atoms with van der Waals surface area (Å²) in [5, 5.41) is 14.6. The Kier molecular flexibility index (Phi) is 12.5. The van der Waals surface area contributed by atoms with Crippen LogP contribution in [0.2, 0.25) is 0 Å². The largest absolute Gasteiger partial charge is 0.480 e. The van der Waals surface area contributed by atoms with Gasteiger partial charge in [-0.1, -0.05) is 0 Å². The van der Waals surface area contributed by atoms with E-state index in [1.165, 1.54) is 28.4 Å². The number of aliphatic carboxylic acids is 1. The standard InChI is InChI=1S/C19H33N5O6S2/c1-31-8-5-12(22-16(26)11(20)10-15(21)25)17(27)23-13(6-9-32-2)18(28)24-7-3-4-14(24)19(29)30/h11-14H,3-10,20H2,1-2H3,(H2,21,25)(H,22,26)(H,23,27)(H,29,30). The molecule has 0 saturated carbocycles. The quantitative estimate of drug-likeness (QED) is 0.198. The Morgan fingerprint density at radius 1 is 1.03 bits per heavy atom. The minimum atomic E-state index is -1.19. The van der Waals surface area contributed by atoms with Gasteiger partial charge in [0.1, 0.15) is 18.1 Å². The van der Waals surface area contributed by atoms with Gasteiger partial charge in [-0.2, -0.15) is 23.5 Å². The van der Waals surface area contributed by atoms with Gasteiger partial charge in [-0.3, -0.25) is 19.2 Å². The molecule has 1 rings (SSSR count). The number of hydrogen-bond donors (Lipinski definition) is 5. The van der Waals surface area contributed by atoms with E-state index in [9.17, 15) is 29.1 Å². The van der Waals surface area contributed by atoms with Crippen LogP contribution in [0.4, 0.5) is 0 Å². The molecule has 0 spiro atoms. The number of thioether (sulfide) groups is 2. The van der Waals surface area contributed by atoms with Crippen LogP contribution in [0.3, 0.4) is 0 Å².